The van der Waals surface area contributed by atoms with Crippen LogP contribution in [0.4, 0.5) is 0 Å². The molecule has 0 spiro atoms. The van der Waals surface area contributed by atoms with Crippen molar-refractivity contribution in [1.82, 2.24) is 19.5 Å². The first-order valence-electron chi connectivity index (χ1n) is 14.0. The van der Waals surface area contributed by atoms with Crippen molar-refractivity contribution in [2.75, 3.05) is 26.7 Å². The van der Waals surface area contributed by atoms with Crippen molar-refractivity contribution in [3.8, 4) is 11.1 Å². The molecule has 5 rings (SSSR count). The number of ether oxygens (including phenoxy) is 1. The van der Waals surface area contributed by atoms with Gasteiger partial charge in [-0.1, -0.05) is 54.5 Å². The molecule has 0 fully saturated rings. The number of hydrogen-bond acceptors (Lipinski definition) is 6. The highest BCUT2D eigenvalue weighted by molar-refractivity contribution is 6.10. The minimum absolute atomic E-state index is 0.150. The number of para-hydroxylation sites is 1. The fourth-order valence-electron chi connectivity index (χ4n) is 5.86. The summed E-state index contributed by atoms with van der Waals surface area (Å²) in [6.07, 6.45) is -0.392. The maximum Gasteiger partial charge on any atom is 0.271 e. The average molecular weight is 559 g/mol. The van der Waals surface area contributed by atoms with Gasteiger partial charge in [-0.05, 0) is 38.0 Å². The highest BCUT2D eigenvalue weighted by Crippen LogP contribution is 2.38. The van der Waals surface area contributed by atoms with Crippen molar-refractivity contribution < 1.29 is 24.0 Å². The largest absolute Gasteiger partial charge is 0.394 e. The highest BCUT2D eigenvalue weighted by Gasteiger charge is 2.34. The van der Waals surface area contributed by atoms with Gasteiger partial charge in [-0.15, -0.1) is 0 Å². The lowest BCUT2D eigenvalue weighted by molar-refractivity contribution is -0.0210. The summed E-state index contributed by atoms with van der Waals surface area (Å²) in [6.45, 7) is 8.13. The lowest BCUT2D eigenvalue weighted by Gasteiger charge is -2.35. The van der Waals surface area contributed by atoms with Gasteiger partial charge in [0.25, 0.3) is 11.8 Å². The molecule has 2 amide bonds. The number of aliphatic hydroxyl groups is 1. The van der Waals surface area contributed by atoms with Crippen LogP contribution in [0.15, 0.2) is 53.1 Å². The molecule has 1 aliphatic heterocycles. The van der Waals surface area contributed by atoms with Crippen molar-refractivity contribution in [3.05, 3.63) is 76.8 Å². The zero-order valence-corrected chi connectivity index (χ0v) is 24.5. The Kier molecular flexibility index (Phi) is 8.02. The average Bonchev–Trinajstić information content (AvgIpc) is 3.46. The zero-order chi connectivity index (χ0) is 29.4. The first-order valence-corrected chi connectivity index (χ1v) is 14.0. The van der Waals surface area contributed by atoms with Crippen LogP contribution in [-0.2, 0) is 18.4 Å². The smallest absolute Gasteiger partial charge is 0.271 e. The van der Waals surface area contributed by atoms with Crippen LogP contribution < -0.4 is 0 Å². The summed E-state index contributed by atoms with van der Waals surface area (Å²) in [4.78, 5) is 31.2. The molecular weight excluding hydrogens is 520 g/mol. The number of aromatic nitrogens is 2. The van der Waals surface area contributed by atoms with E-state index in [1.807, 2.05) is 74.0 Å². The third-order valence-electron chi connectivity index (χ3n) is 8.27. The van der Waals surface area contributed by atoms with Crippen LogP contribution >= 0.6 is 0 Å². The van der Waals surface area contributed by atoms with E-state index in [9.17, 15) is 14.7 Å². The van der Waals surface area contributed by atoms with Crippen molar-refractivity contribution >= 4 is 22.7 Å². The fourth-order valence-corrected chi connectivity index (χ4v) is 5.86. The standard InChI is InChI=1S/C32H38N4O5/c1-19-15-36(20(2)17-37)32(39)30-29(25-13-9-10-14-26(25)35(30)6)24-12-8-7-11-23(24)18-40-27(19)16-34(5)31(38)28-21(3)33-41-22(28)4/h7-14,19-20,27,37H,15-18H2,1-6H3/t19-,20-,27+/m1/s1. The molecule has 1 aliphatic rings. The molecule has 1 N–H and O–H groups in total. The van der Waals surface area contributed by atoms with Gasteiger partial charge in [0.15, 0.2) is 0 Å². The predicted molar refractivity (Wildman–Crippen MR) is 157 cm³/mol. The molecule has 216 valence electrons. The number of carbonyl (C=O) groups is 2. The van der Waals surface area contributed by atoms with Gasteiger partial charge in [-0.25, -0.2) is 0 Å². The molecule has 2 aromatic heterocycles. The van der Waals surface area contributed by atoms with Gasteiger partial charge in [0.2, 0.25) is 0 Å². The maximum absolute atomic E-state index is 14.5. The maximum atomic E-state index is 14.5. The molecule has 0 bridgehead atoms. The third kappa shape index (κ3) is 5.15. The van der Waals surface area contributed by atoms with E-state index in [4.69, 9.17) is 9.26 Å². The highest BCUT2D eigenvalue weighted by atomic mass is 16.5. The Morgan fingerprint density at radius 2 is 1.88 bits per heavy atom. The molecule has 41 heavy (non-hydrogen) atoms. The summed E-state index contributed by atoms with van der Waals surface area (Å²) in [7, 11) is 3.66. The number of nitrogens with zero attached hydrogens (tertiary/aromatic N) is 4. The van der Waals surface area contributed by atoms with Crippen LogP contribution in [0.5, 0.6) is 0 Å². The number of benzene rings is 2. The van der Waals surface area contributed by atoms with Gasteiger partial charge in [-0.2, -0.15) is 0 Å². The second-order valence-electron chi connectivity index (χ2n) is 11.2. The van der Waals surface area contributed by atoms with Gasteiger partial charge in [-0.3, -0.25) is 9.59 Å². The van der Waals surface area contributed by atoms with E-state index in [-0.39, 0.29) is 24.3 Å². The lowest BCUT2D eigenvalue weighted by Crippen LogP contribution is -2.48. The van der Waals surface area contributed by atoms with Crippen molar-refractivity contribution in [2.24, 2.45) is 13.0 Å². The van der Waals surface area contributed by atoms with Crippen molar-refractivity contribution in [1.29, 1.82) is 0 Å². The Morgan fingerprint density at radius 3 is 2.59 bits per heavy atom. The van der Waals surface area contributed by atoms with E-state index in [1.165, 1.54) is 0 Å². The van der Waals surface area contributed by atoms with Gasteiger partial charge >= 0.3 is 0 Å². The SMILES string of the molecule is Cc1noc(C)c1C(=O)N(C)C[C@@H]1OCc2ccccc2-c2c(n(C)c3ccccc23)C(=O)N([C@H](C)CO)C[C@H]1C. The summed E-state index contributed by atoms with van der Waals surface area (Å²) in [5.41, 5.74) is 5.28. The number of likely N-dealkylation sites (N-methyl/N-ethyl adjacent to an activating group) is 1. The number of carbonyl (C=O) groups excluding carboxylic acids is 2. The Labute approximate surface area is 240 Å². The lowest BCUT2D eigenvalue weighted by atomic mass is 9.96. The van der Waals surface area contributed by atoms with Crippen molar-refractivity contribution in [3.63, 3.8) is 0 Å². The number of aliphatic hydroxyl groups excluding tert-OH is 1. The fraction of sp³-hybridized carbons (Fsp3) is 0.406. The first-order chi connectivity index (χ1) is 19.6. The second-order valence-corrected chi connectivity index (χ2v) is 11.2. The molecule has 9 nitrogen and oxygen atoms in total. The van der Waals surface area contributed by atoms with Crippen LogP contribution in [0.25, 0.3) is 22.0 Å². The second kappa shape index (κ2) is 11.5. The van der Waals surface area contributed by atoms with Crippen LogP contribution in [0.3, 0.4) is 0 Å². The van der Waals surface area contributed by atoms with Gasteiger partial charge in [0.05, 0.1) is 31.1 Å². The molecule has 9 heteroatoms. The monoisotopic (exact) mass is 558 g/mol. The topological polar surface area (TPSA) is 101 Å². The minimum atomic E-state index is -0.422. The molecule has 0 radical (unpaired) electrons. The van der Waals surface area contributed by atoms with Gasteiger partial charge in [0, 0.05) is 49.6 Å². The van der Waals surface area contributed by atoms with Gasteiger partial charge < -0.3 is 28.7 Å². The minimum Gasteiger partial charge on any atom is -0.394 e. The molecule has 2 aromatic carbocycles. The van der Waals surface area contributed by atoms with E-state index in [2.05, 4.69) is 5.16 Å². The molecule has 0 aliphatic carbocycles. The molecule has 3 atom stereocenters. The van der Waals surface area contributed by atoms with E-state index in [0.29, 0.717) is 42.4 Å². The molecule has 0 saturated heterocycles. The van der Waals surface area contributed by atoms with E-state index >= 15 is 0 Å². The summed E-state index contributed by atoms with van der Waals surface area (Å²) < 4.78 is 13.8. The number of amides is 2. The summed E-state index contributed by atoms with van der Waals surface area (Å²) in [5, 5.41) is 15.1. The van der Waals surface area contributed by atoms with E-state index in [0.717, 1.165) is 27.6 Å². The zero-order valence-electron chi connectivity index (χ0n) is 24.5. The number of fused-ring (bicyclic) bond motifs is 5. The number of rotatable bonds is 5. The number of hydrogen-bond donors (Lipinski definition) is 1. The van der Waals surface area contributed by atoms with E-state index in [1.54, 1.807) is 30.7 Å². The summed E-state index contributed by atoms with van der Waals surface area (Å²) in [5.74, 6) is -0.0236. The van der Waals surface area contributed by atoms with Crippen LogP contribution in [0, 0.1) is 19.8 Å². The Morgan fingerprint density at radius 1 is 1.17 bits per heavy atom. The van der Waals surface area contributed by atoms with E-state index < -0.39 is 12.1 Å². The molecule has 4 aromatic rings. The number of aryl methyl sites for hydroxylation is 3. The molecule has 0 saturated carbocycles. The van der Waals surface area contributed by atoms with Crippen LogP contribution in [0.1, 0.15) is 51.7 Å². The Balaban J connectivity index is 1.60. The first kappa shape index (κ1) is 28.6. The predicted octanol–water partition coefficient (Wildman–Crippen LogP) is 4.58. The van der Waals surface area contributed by atoms with Gasteiger partial charge in [0.1, 0.15) is 17.0 Å². The quantitative estimate of drug-likeness (QED) is 0.385. The molecule has 3 heterocycles. The summed E-state index contributed by atoms with van der Waals surface area (Å²) in [6, 6.07) is 15.6. The Bertz CT molecular complexity index is 1570. The Hall–Kier alpha value is -3.95. The molecular formula is C32H38N4O5. The normalized spacial score (nSPS) is 18.5. The van der Waals surface area contributed by atoms with Crippen LogP contribution in [-0.4, -0.2) is 75.3 Å². The third-order valence-corrected chi connectivity index (χ3v) is 8.27. The van der Waals surface area contributed by atoms with Crippen molar-refractivity contribution in [2.45, 2.75) is 46.4 Å². The molecule has 0 unspecified atom stereocenters. The van der Waals surface area contributed by atoms with Crippen LogP contribution in [0.2, 0.25) is 0 Å². The summed E-state index contributed by atoms with van der Waals surface area (Å²) >= 11 is 0.